The van der Waals surface area contributed by atoms with Crippen molar-refractivity contribution in [2.45, 2.75) is 12.5 Å². The Morgan fingerprint density at radius 3 is 2.55 bits per heavy atom. The number of nitrogens with two attached hydrogens (primary N) is 1. The Labute approximate surface area is 178 Å². The molecule has 1 atom stereocenters. The molecule has 0 saturated heterocycles. The molecule has 5 nitrogen and oxygen atoms in total. The normalized spacial score (nSPS) is 13.1. The molecular weight excluding hydrogens is 402 g/mol. The second-order valence-electron chi connectivity index (χ2n) is 6.79. The van der Waals surface area contributed by atoms with Crippen LogP contribution in [0.4, 0.5) is 5.13 Å². The van der Waals surface area contributed by atoms with Crippen molar-refractivity contribution in [3.8, 4) is 21.8 Å². The number of aromatic nitrogens is 3. The molecule has 4 rings (SSSR count). The Morgan fingerprint density at radius 1 is 1.03 bits per heavy atom. The van der Waals surface area contributed by atoms with E-state index >= 15 is 0 Å². The minimum absolute atomic E-state index is 0.553. The van der Waals surface area contributed by atoms with Crippen LogP contribution >= 0.6 is 22.9 Å². The summed E-state index contributed by atoms with van der Waals surface area (Å²) in [4.78, 5) is 14.9. The number of hydrogen-bond donors (Lipinski definition) is 2. The number of hydrogen-bond acceptors (Lipinski definition) is 6. The minimum Gasteiger partial charge on any atom is -0.365 e. The highest BCUT2D eigenvalue weighted by Crippen LogP contribution is 2.39. The van der Waals surface area contributed by atoms with Crippen molar-refractivity contribution < 1.29 is 0 Å². The van der Waals surface area contributed by atoms with Crippen LogP contribution in [0.3, 0.4) is 0 Å². The summed E-state index contributed by atoms with van der Waals surface area (Å²) in [5.41, 5.74) is 9.31. The smallest absolute Gasteiger partial charge is 0.183 e. The number of thiazole rings is 1. The fourth-order valence-electron chi connectivity index (χ4n) is 3.08. The van der Waals surface area contributed by atoms with Gasteiger partial charge in [0.15, 0.2) is 11.0 Å². The monoisotopic (exact) mass is 421 g/mol. The molecule has 0 spiro atoms. The first kappa shape index (κ1) is 19.5. The van der Waals surface area contributed by atoms with Gasteiger partial charge in [0.2, 0.25) is 0 Å². The summed E-state index contributed by atoms with van der Waals surface area (Å²) in [5, 5.41) is 4.58. The summed E-state index contributed by atoms with van der Waals surface area (Å²) in [5.74, 6) is 0.553. The fraction of sp³-hybridized carbons (Fsp3) is 0.136. The Balaban J connectivity index is 1.83. The zero-order valence-electron chi connectivity index (χ0n) is 16.1. The predicted molar refractivity (Wildman–Crippen MR) is 120 cm³/mol. The highest BCUT2D eigenvalue weighted by atomic mass is 35.5. The molecule has 0 bridgehead atoms. The average molecular weight is 422 g/mol. The SMILES string of the molecule is CNc1nc(-c2cccc(Cl)c2)c(-c2ccnc([C@@](C)(N)c3ccccc3)n2)s1. The maximum atomic E-state index is 6.64. The Hall–Kier alpha value is -2.80. The van der Waals surface area contributed by atoms with Gasteiger partial charge in [-0.3, -0.25) is 0 Å². The van der Waals surface area contributed by atoms with Crippen LogP contribution in [0.5, 0.6) is 0 Å². The molecule has 3 N–H and O–H groups in total. The lowest BCUT2D eigenvalue weighted by atomic mass is 9.92. The van der Waals surface area contributed by atoms with Gasteiger partial charge in [0, 0.05) is 23.8 Å². The van der Waals surface area contributed by atoms with E-state index in [0.29, 0.717) is 10.8 Å². The average Bonchev–Trinajstić information content (AvgIpc) is 3.19. The van der Waals surface area contributed by atoms with Gasteiger partial charge in [0.1, 0.15) is 0 Å². The third kappa shape index (κ3) is 3.87. The van der Waals surface area contributed by atoms with Gasteiger partial charge in [-0.05, 0) is 30.7 Å². The van der Waals surface area contributed by atoms with Gasteiger partial charge in [-0.15, -0.1) is 0 Å². The number of nitrogens with one attached hydrogen (secondary N) is 1. The molecule has 0 amide bonds. The van der Waals surface area contributed by atoms with Crippen LogP contribution in [0.1, 0.15) is 18.3 Å². The first-order valence-corrected chi connectivity index (χ1v) is 10.3. The second-order valence-corrected chi connectivity index (χ2v) is 8.23. The molecule has 7 heteroatoms. The topological polar surface area (TPSA) is 76.7 Å². The molecule has 0 unspecified atom stereocenters. The molecule has 29 heavy (non-hydrogen) atoms. The number of anilines is 1. The van der Waals surface area contributed by atoms with Crippen molar-refractivity contribution in [1.29, 1.82) is 0 Å². The van der Waals surface area contributed by atoms with E-state index in [9.17, 15) is 0 Å². The van der Waals surface area contributed by atoms with Crippen LogP contribution in [0.15, 0.2) is 66.9 Å². The van der Waals surface area contributed by atoms with Crippen LogP contribution in [0, 0.1) is 0 Å². The maximum absolute atomic E-state index is 6.64. The van der Waals surface area contributed by atoms with Gasteiger partial charge in [-0.1, -0.05) is 65.4 Å². The third-order valence-electron chi connectivity index (χ3n) is 4.67. The third-order valence-corrected chi connectivity index (χ3v) is 6.00. The van der Waals surface area contributed by atoms with Crippen molar-refractivity contribution in [3.05, 3.63) is 83.3 Å². The first-order chi connectivity index (χ1) is 14.0. The van der Waals surface area contributed by atoms with Crippen LogP contribution in [0.25, 0.3) is 21.8 Å². The highest BCUT2D eigenvalue weighted by molar-refractivity contribution is 7.19. The quantitative estimate of drug-likeness (QED) is 0.464. The van der Waals surface area contributed by atoms with Gasteiger partial charge in [-0.2, -0.15) is 0 Å². The Bertz CT molecular complexity index is 1140. The van der Waals surface area contributed by atoms with E-state index in [-0.39, 0.29) is 0 Å². The van der Waals surface area contributed by atoms with Crippen molar-refractivity contribution in [2.24, 2.45) is 5.73 Å². The summed E-state index contributed by atoms with van der Waals surface area (Å²) in [6.07, 6.45) is 1.74. The van der Waals surface area contributed by atoms with Crippen LogP contribution in [-0.2, 0) is 5.54 Å². The van der Waals surface area contributed by atoms with E-state index in [1.807, 2.05) is 74.6 Å². The molecule has 2 heterocycles. The molecule has 0 aliphatic rings. The lowest BCUT2D eigenvalue weighted by Crippen LogP contribution is -2.36. The summed E-state index contributed by atoms with van der Waals surface area (Å²) in [6, 6.07) is 19.4. The second kappa shape index (κ2) is 7.91. The number of rotatable bonds is 5. The summed E-state index contributed by atoms with van der Waals surface area (Å²) < 4.78 is 0. The largest absolute Gasteiger partial charge is 0.365 e. The summed E-state index contributed by atoms with van der Waals surface area (Å²) in [6.45, 7) is 1.92. The Kier molecular flexibility index (Phi) is 5.32. The molecule has 0 radical (unpaired) electrons. The van der Waals surface area contributed by atoms with Crippen LogP contribution in [0.2, 0.25) is 5.02 Å². The zero-order valence-corrected chi connectivity index (χ0v) is 17.6. The van der Waals surface area contributed by atoms with Gasteiger partial charge in [-0.25, -0.2) is 15.0 Å². The van der Waals surface area contributed by atoms with Crippen molar-refractivity contribution in [2.75, 3.05) is 12.4 Å². The van der Waals surface area contributed by atoms with Crippen LogP contribution < -0.4 is 11.1 Å². The Morgan fingerprint density at radius 2 is 1.83 bits per heavy atom. The molecule has 0 aliphatic carbocycles. The minimum atomic E-state index is -0.815. The molecule has 0 aliphatic heterocycles. The van der Waals surface area contributed by atoms with Crippen molar-refractivity contribution >= 4 is 28.1 Å². The molecule has 4 aromatic rings. The van der Waals surface area contributed by atoms with E-state index in [1.165, 1.54) is 11.3 Å². The fourth-order valence-corrected chi connectivity index (χ4v) is 4.18. The number of benzene rings is 2. The van der Waals surface area contributed by atoms with E-state index in [4.69, 9.17) is 27.3 Å². The van der Waals surface area contributed by atoms with E-state index in [0.717, 1.165) is 32.5 Å². The van der Waals surface area contributed by atoms with Crippen LogP contribution in [-0.4, -0.2) is 22.0 Å². The standard InChI is InChI=1S/C22H20ClN5S/c1-22(24,15-8-4-3-5-9-15)20-26-12-11-17(27-20)19-18(28-21(25-2)29-19)14-7-6-10-16(23)13-14/h3-13H,24H2,1-2H3,(H,25,28)/t22-/m0/s1. The number of halogens is 1. The van der Waals surface area contributed by atoms with Crippen molar-refractivity contribution in [1.82, 2.24) is 15.0 Å². The molecule has 0 saturated carbocycles. The summed E-state index contributed by atoms with van der Waals surface area (Å²) >= 11 is 7.74. The van der Waals surface area contributed by atoms with Crippen molar-refractivity contribution in [3.63, 3.8) is 0 Å². The van der Waals surface area contributed by atoms with E-state index < -0.39 is 5.54 Å². The van der Waals surface area contributed by atoms with Gasteiger partial charge in [0.25, 0.3) is 0 Å². The lowest BCUT2D eigenvalue weighted by Gasteiger charge is -2.23. The van der Waals surface area contributed by atoms with E-state index in [1.54, 1.807) is 6.20 Å². The predicted octanol–water partition coefficient (Wildman–Crippen LogP) is 5.18. The summed E-state index contributed by atoms with van der Waals surface area (Å²) in [7, 11) is 1.85. The first-order valence-electron chi connectivity index (χ1n) is 9.12. The molecule has 2 aromatic carbocycles. The lowest BCUT2D eigenvalue weighted by molar-refractivity contribution is 0.558. The zero-order chi connectivity index (χ0) is 20.4. The molecule has 2 aromatic heterocycles. The highest BCUT2D eigenvalue weighted by Gasteiger charge is 2.28. The van der Waals surface area contributed by atoms with Gasteiger partial charge >= 0.3 is 0 Å². The molecular formula is C22H20ClN5S. The van der Waals surface area contributed by atoms with E-state index in [2.05, 4.69) is 10.3 Å². The molecule has 146 valence electrons. The molecule has 0 fully saturated rings. The maximum Gasteiger partial charge on any atom is 0.183 e. The van der Waals surface area contributed by atoms with Gasteiger partial charge < -0.3 is 11.1 Å². The number of nitrogens with zero attached hydrogens (tertiary/aromatic N) is 3. The van der Waals surface area contributed by atoms with Gasteiger partial charge in [0.05, 0.1) is 21.8 Å².